The molecular formula is C60H109NO10. The van der Waals surface area contributed by atoms with Gasteiger partial charge in [0.2, 0.25) is 5.91 Å². The summed E-state index contributed by atoms with van der Waals surface area (Å²) in [5.41, 5.74) is 0. The number of ether oxygens (including phenoxy) is 3. The second-order valence-corrected chi connectivity index (χ2v) is 20.3. The highest BCUT2D eigenvalue weighted by molar-refractivity contribution is 5.76. The van der Waals surface area contributed by atoms with Gasteiger partial charge in [0.1, 0.15) is 24.4 Å². The number of allylic oxidation sites excluding steroid dienone is 7. The monoisotopic (exact) mass is 1000 g/mol. The van der Waals surface area contributed by atoms with Crippen molar-refractivity contribution in [3.05, 3.63) is 48.6 Å². The molecule has 0 aromatic carbocycles. The van der Waals surface area contributed by atoms with Gasteiger partial charge in [-0.05, 0) is 89.9 Å². The summed E-state index contributed by atoms with van der Waals surface area (Å²) >= 11 is 0. The first-order chi connectivity index (χ1) is 34.7. The molecule has 0 aliphatic carbocycles. The largest absolute Gasteiger partial charge is 0.466 e. The number of nitrogens with one attached hydrogen (secondary N) is 1. The molecule has 7 unspecified atom stereocenters. The second-order valence-electron chi connectivity index (χ2n) is 20.3. The lowest BCUT2D eigenvalue weighted by molar-refractivity contribution is -0.302. The van der Waals surface area contributed by atoms with Crippen LogP contribution in [0.2, 0.25) is 0 Å². The Labute approximate surface area is 434 Å². The van der Waals surface area contributed by atoms with E-state index in [-0.39, 0.29) is 18.5 Å². The summed E-state index contributed by atoms with van der Waals surface area (Å²) in [7, 11) is 0. The van der Waals surface area contributed by atoms with E-state index in [9.17, 15) is 35.1 Å². The second kappa shape index (κ2) is 49.8. The molecule has 1 aliphatic heterocycles. The molecule has 1 saturated heterocycles. The fraction of sp³-hybridized carbons (Fsp3) is 0.833. The lowest BCUT2D eigenvalue weighted by Gasteiger charge is -2.40. The van der Waals surface area contributed by atoms with E-state index in [1.165, 1.54) is 135 Å². The van der Waals surface area contributed by atoms with Gasteiger partial charge in [0.05, 0.1) is 32.0 Å². The number of aliphatic hydroxyl groups is 5. The third kappa shape index (κ3) is 39.7. The number of esters is 1. The van der Waals surface area contributed by atoms with E-state index in [0.717, 1.165) is 96.3 Å². The molecule has 71 heavy (non-hydrogen) atoms. The van der Waals surface area contributed by atoms with Crippen LogP contribution in [0.4, 0.5) is 0 Å². The minimum atomic E-state index is -1.58. The fourth-order valence-electron chi connectivity index (χ4n) is 8.92. The highest BCUT2D eigenvalue weighted by atomic mass is 16.7. The molecular weight excluding hydrogens is 895 g/mol. The summed E-state index contributed by atoms with van der Waals surface area (Å²) in [4.78, 5) is 25.0. The molecule has 0 spiro atoms. The molecule has 1 heterocycles. The van der Waals surface area contributed by atoms with E-state index in [4.69, 9.17) is 14.2 Å². The zero-order valence-electron chi connectivity index (χ0n) is 45.4. The summed E-state index contributed by atoms with van der Waals surface area (Å²) in [6.45, 7) is 4.25. The van der Waals surface area contributed by atoms with Gasteiger partial charge in [-0.2, -0.15) is 0 Å². The summed E-state index contributed by atoms with van der Waals surface area (Å²) in [6, 6.07) is -0.823. The number of unbranched alkanes of at least 4 members (excludes halogenated alkanes) is 30. The Hall–Kier alpha value is -2.38. The van der Waals surface area contributed by atoms with Crippen molar-refractivity contribution in [2.45, 2.75) is 301 Å². The number of aliphatic hydroxyl groups excluding tert-OH is 5. The van der Waals surface area contributed by atoms with Crippen LogP contribution in [0.3, 0.4) is 0 Å². The van der Waals surface area contributed by atoms with Crippen molar-refractivity contribution in [3.63, 3.8) is 0 Å². The Morgan fingerprint density at radius 3 is 1.48 bits per heavy atom. The van der Waals surface area contributed by atoms with Crippen LogP contribution in [0.25, 0.3) is 0 Å². The van der Waals surface area contributed by atoms with Crippen molar-refractivity contribution in [1.82, 2.24) is 5.32 Å². The van der Waals surface area contributed by atoms with Gasteiger partial charge >= 0.3 is 5.97 Å². The number of rotatable bonds is 50. The van der Waals surface area contributed by atoms with Crippen LogP contribution < -0.4 is 5.32 Å². The first-order valence-corrected chi connectivity index (χ1v) is 29.4. The Balaban J connectivity index is 2.18. The van der Waals surface area contributed by atoms with Gasteiger partial charge in [0.15, 0.2) is 6.29 Å². The van der Waals surface area contributed by atoms with Crippen molar-refractivity contribution < 1.29 is 49.3 Å². The first kappa shape index (κ1) is 66.6. The van der Waals surface area contributed by atoms with Gasteiger partial charge in [0, 0.05) is 12.8 Å². The summed E-state index contributed by atoms with van der Waals surface area (Å²) in [5, 5.41) is 54.4. The van der Waals surface area contributed by atoms with Crippen LogP contribution >= 0.6 is 0 Å². The number of hydrogen-bond acceptors (Lipinski definition) is 10. The maximum Gasteiger partial charge on any atom is 0.305 e. The molecule has 1 rings (SSSR count). The fourth-order valence-corrected chi connectivity index (χ4v) is 8.92. The third-order valence-corrected chi connectivity index (χ3v) is 13.7. The average Bonchev–Trinajstić information content (AvgIpc) is 3.37. The normalized spacial score (nSPS) is 19.5. The summed E-state index contributed by atoms with van der Waals surface area (Å²) in [6.07, 6.45) is 51.8. The predicted octanol–water partition coefficient (Wildman–Crippen LogP) is 13.3. The number of carbonyl (C=O) groups excluding carboxylic acids is 2. The number of amides is 1. The maximum atomic E-state index is 13.0. The Morgan fingerprint density at radius 1 is 0.521 bits per heavy atom. The van der Waals surface area contributed by atoms with E-state index in [2.05, 4.69) is 55.6 Å². The van der Waals surface area contributed by atoms with Gasteiger partial charge in [-0.15, -0.1) is 0 Å². The van der Waals surface area contributed by atoms with E-state index >= 15 is 0 Å². The van der Waals surface area contributed by atoms with Crippen LogP contribution in [-0.4, -0.2) is 100 Å². The molecule has 1 fully saturated rings. The number of carbonyl (C=O) groups is 2. The van der Waals surface area contributed by atoms with Crippen LogP contribution in [0, 0.1) is 0 Å². The van der Waals surface area contributed by atoms with Crippen LogP contribution in [-0.2, 0) is 23.8 Å². The molecule has 414 valence electrons. The zero-order valence-corrected chi connectivity index (χ0v) is 45.4. The SMILES string of the molecule is CCCC/C=C\CCCCCCCC(=O)OCCCCC/C=C\C/C=C\CCCCCCCCCC(=O)NC(COC1OC(CO)C(O)C(O)C1O)C(O)/C=C/CCCCCCCCCCCCCCC. The highest BCUT2D eigenvalue weighted by Crippen LogP contribution is 2.23. The van der Waals surface area contributed by atoms with Gasteiger partial charge in [-0.3, -0.25) is 9.59 Å². The molecule has 1 aliphatic rings. The molecule has 6 N–H and O–H groups in total. The van der Waals surface area contributed by atoms with Gasteiger partial charge in [-0.1, -0.05) is 204 Å². The maximum absolute atomic E-state index is 13.0. The smallest absolute Gasteiger partial charge is 0.305 e. The average molecular weight is 1000 g/mol. The van der Waals surface area contributed by atoms with Gasteiger partial charge in [0.25, 0.3) is 0 Å². The molecule has 0 aromatic rings. The molecule has 0 bridgehead atoms. The molecule has 11 heteroatoms. The predicted molar refractivity (Wildman–Crippen MR) is 292 cm³/mol. The Bertz CT molecular complexity index is 1320. The van der Waals surface area contributed by atoms with Gasteiger partial charge < -0.3 is 45.1 Å². The van der Waals surface area contributed by atoms with Crippen LogP contribution in [0.5, 0.6) is 0 Å². The summed E-state index contributed by atoms with van der Waals surface area (Å²) in [5.74, 6) is -0.242. The lowest BCUT2D eigenvalue weighted by atomic mass is 9.99. The summed E-state index contributed by atoms with van der Waals surface area (Å²) < 4.78 is 16.7. The van der Waals surface area contributed by atoms with E-state index < -0.39 is 49.5 Å². The molecule has 7 atom stereocenters. The molecule has 0 saturated carbocycles. The van der Waals surface area contributed by atoms with Crippen molar-refractivity contribution >= 4 is 11.9 Å². The topological polar surface area (TPSA) is 175 Å². The molecule has 11 nitrogen and oxygen atoms in total. The van der Waals surface area contributed by atoms with E-state index in [1.807, 2.05) is 6.08 Å². The first-order valence-electron chi connectivity index (χ1n) is 29.4. The minimum absolute atomic E-state index is 0.0438. The highest BCUT2D eigenvalue weighted by Gasteiger charge is 2.44. The standard InChI is InChI=1S/C60H109NO10/c1-3-5-7-9-11-13-15-16-20-23-27-30-34-38-42-46-53(63)52(51-70-60-59(68)58(67)57(66)54(50-62)71-60)61-55(64)47-43-39-35-31-28-24-21-18-17-19-22-25-29-33-37-41-45-49-69-56(65)48-44-40-36-32-26-14-12-10-8-6-4-2/h10,12,17,19,25,29,42,46,52-54,57-60,62-63,66-68H,3-9,11,13-16,18,20-24,26-28,30-41,43-45,47-51H2,1-2H3,(H,61,64)/b12-10-,19-17-,29-25-,46-42+. The van der Waals surface area contributed by atoms with Crippen molar-refractivity contribution in [2.24, 2.45) is 0 Å². The minimum Gasteiger partial charge on any atom is -0.466 e. The third-order valence-electron chi connectivity index (χ3n) is 13.7. The van der Waals surface area contributed by atoms with E-state index in [0.29, 0.717) is 19.4 Å². The van der Waals surface area contributed by atoms with Crippen molar-refractivity contribution in [3.8, 4) is 0 Å². The Kier molecular flexibility index (Phi) is 46.7. The Morgan fingerprint density at radius 2 is 0.958 bits per heavy atom. The zero-order chi connectivity index (χ0) is 51.7. The quantitative estimate of drug-likeness (QED) is 0.0195. The van der Waals surface area contributed by atoms with Crippen molar-refractivity contribution in [1.29, 1.82) is 0 Å². The number of hydrogen-bond donors (Lipinski definition) is 6. The molecule has 1 amide bonds. The van der Waals surface area contributed by atoms with E-state index in [1.54, 1.807) is 6.08 Å². The van der Waals surface area contributed by atoms with Crippen LogP contribution in [0.1, 0.15) is 258 Å². The molecule has 0 radical (unpaired) electrons. The van der Waals surface area contributed by atoms with Crippen LogP contribution in [0.15, 0.2) is 48.6 Å². The molecule has 0 aromatic heterocycles. The van der Waals surface area contributed by atoms with Crippen molar-refractivity contribution in [2.75, 3.05) is 19.8 Å². The lowest BCUT2D eigenvalue weighted by Crippen LogP contribution is -2.60. The van der Waals surface area contributed by atoms with Gasteiger partial charge in [-0.25, -0.2) is 0 Å².